The normalized spacial score (nSPS) is 18.5. The molecule has 1 saturated heterocycles. The third kappa shape index (κ3) is 4.77. The molecule has 3 aromatic rings. The van der Waals surface area contributed by atoms with Crippen LogP contribution in [0.5, 0.6) is 5.75 Å². The van der Waals surface area contributed by atoms with Gasteiger partial charge >= 0.3 is 0 Å². The van der Waals surface area contributed by atoms with Gasteiger partial charge in [0.1, 0.15) is 24.8 Å². The second kappa shape index (κ2) is 9.68. The van der Waals surface area contributed by atoms with Crippen LogP contribution in [0, 0.1) is 0 Å². The summed E-state index contributed by atoms with van der Waals surface area (Å²) in [6, 6.07) is 12.5. The Morgan fingerprint density at radius 3 is 2.81 bits per heavy atom. The molecule has 1 atom stereocenters. The first-order chi connectivity index (χ1) is 15.8. The van der Waals surface area contributed by atoms with Crippen LogP contribution in [0.15, 0.2) is 48.8 Å². The van der Waals surface area contributed by atoms with Crippen molar-refractivity contribution in [3.8, 4) is 5.75 Å². The van der Waals surface area contributed by atoms with E-state index in [2.05, 4.69) is 61.4 Å². The molecule has 2 N–H and O–H groups in total. The SMILES string of the molecule is OC(COc1cc(C2=CCOCC2)c2ccccc2c1)CN1CCN(c2ncn[nH]2)CC1. The van der Waals surface area contributed by atoms with E-state index in [-0.39, 0.29) is 6.61 Å². The molecule has 1 aromatic heterocycles. The maximum atomic E-state index is 10.6. The number of aromatic nitrogens is 3. The highest BCUT2D eigenvalue weighted by molar-refractivity contribution is 5.95. The number of piperazine rings is 1. The van der Waals surface area contributed by atoms with Crippen LogP contribution in [-0.2, 0) is 4.74 Å². The van der Waals surface area contributed by atoms with Crippen molar-refractivity contribution in [3.63, 3.8) is 0 Å². The van der Waals surface area contributed by atoms with Gasteiger partial charge in [-0.1, -0.05) is 30.3 Å². The molecule has 0 bridgehead atoms. The van der Waals surface area contributed by atoms with Crippen LogP contribution in [0.2, 0.25) is 0 Å². The lowest BCUT2D eigenvalue weighted by Crippen LogP contribution is -2.49. The predicted molar refractivity (Wildman–Crippen MR) is 124 cm³/mol. The first-order valence-electron chi connectivity index (χ1n) is 11.2. The van der Waals surface area contributed by atoms with Crippen molar-refractivity contribution in [1.29, 1.82) is 0 Å². The van der Waals surface area contributed by atoms with Gasteiger partial charge in [0.2, 0.25) is 5.95 Å². The third-order valence-corrected chi connectivity index (χ3v) is 6.13. The van der Waals surface area contributed by atoms with Crippen LogP contribution < -0.4 is 9.64 Å². The maximum Gasteiger partial charge on any atom is 0.221 e. The minimum Gasteiger partial charge on any atom is -0.491 e. The number of hydrogen-bond acceptors (Lipinski definition) is 7. The number of rotatable bonds is 7. The summed E-state index contributed by atoms with van der Waals surface area (Å²) in [6.45, 7) is 5.70. The molecule has 2 aliphatic rings. The minimum absolute atomic E-state index is 0.266. The summed E-state index contributed by atoms with van der Waals surface area (Å²) in [7, 11) is 0. The summed E-state index contributed by atoms with van der Waals surface area (Å²) in [5.41, 5.74) is 2.49. The van der Waals surface area contributed by atoms with Crippen molar-refractivity contribution in [3.05, 3.63) is 54.4 Å². The van der Waals surface area contributed by atoms with Gasteiger partial charge in [-0.15, -0.1) is 0 Å². The first kappa shape index (κ1) is 20.9. The smallest absolute Gasteiger partial charge is 0.221 e. The predicted octanol–water partition coefficient (Wildman–Crippen LogP) is 2.32. The Bertz CT molecular complexity index is 1060. The van der Waals surface area contributed by atoms with Crippen LogP contribution in [0.25, 0.3) is 16.3 Å². The van der Waals surface area contributed by atoms with Crippen molar-refractivity contribution < 1.29 is 14.6 Å². The van der Waals surface area contributed by atoms with Crippen molar-refractivity contribution in [2.75, 3.05) is 57.4 Å². The fraction of sp³-hybridized carbons (Fsp3) is 0.417. The molecule has 2 aromatic carbocycles. The Hall–Kier alpha value is -2.94. The summed E-state index contributed by atoms with van der Waals surface area (Å²) in [5.74, 6) is 1.60. The molecule has 8 heteroatoms. The molecule has 0 amide bonds. The molecule has 1 unspecified atom stereocenters. The maximum absolute atomic E-state index is 10.6. The second-order valence-corrected chi connectivity index (χ2v) is 8.31. The molecule has 168 valence electrons. The summed E-state index contributed by atoms with van der Waals surface area (Å²) in [6.07, 6.45) is 4.03. The third-order valence-electron chi connectivity index (χ3n) is 6.13. The van der Waals surface area contributed by atoms with E-state index in [1.165, 1.54) is 22.9 Å². The zero-order chi connectivity index (χ0) is 21.8. The van der Waals surface area contributed by atoms with Gasteiger partial charge in [0.15, 0.2) is 0 Å². The molecule has 32 heavy (non-hydrogen) atoms. The zero-order valence-electron chi connectivity index (χ0n) is 18.1. The van der Waals surface area contributed by atoms with Gasteiger partial charge in [-0.3, -0.25) is 4.90 Å². The lowest BCUT2D eigenvalue weighted by atomic mass is 9.95. The fourth-order valence-electron chi connectivity index (χ4n) is 4.44. The quantitative estimate of drug-likeness (QED) is 0.589. The average Bonchev–Trinajstić information content (AvgIpc) is 3.38. The summed E-state index contributed by atoms with van der Waals surface area (Å²) in [5, 5.41) is 19.8. The molecular weight excluding hydrogens is 406 g/mol. The van der Waals surface area contributed by atoms with E-state index in [1.54, 1.807) is 0 Å². The number of β-amino-alcohol motifs (C(OH)–C–C–N with tert-alkyl or cyclic N) is 1. The standard InChI is InChI=1S/C24H29N5O3/c30-20(15-28-7-9-29(10-8-28)24-25-17-26-27-24)16-32-21-13-19-3-1-2-4-22(19)23(14-21)18-5-11-31-12-6-18/h1-5,13-14,17,20,30H,6-12,15-16H2,(H,25,26,27). The Morgan fingerprint density at radius 1 is 1.16 bits per heavy atom. The highest BCUT2D eigenvalue weighted by Crippen LogP contribution is 2.33. The van der Waals surface area contributed by atoms with E-state index < -0.39 is 6.10 Å². The number of aromatic amines is 1. The molecule has 0 spiro atoms. The number of nitrogens with one attached hydrogen (secondary N) is 1. The van der Waals surface area contributed by atoms with Crippen molar-refractivity contribution in [2.45, 2.75) is 12.5 Å². The first-order valence-corrected chi connectivity index (χ1v) is 11.2. The Kier molecular flexibility index (Phi) is 6.34. The molecule has 0 saturated carbocycles. The van der Waals surface area contributed by atoms with Gasteiger partial charge in [0.25, 0.3) is 0 Å². The summed E-state index contributed by atoms with van der Waals surface area (Å²) >= 11 is 0. The summed E-state index contributed by atoms with van der Waals surface area (Å²) in [4.78, 5) is 8.65. The van der Waals surface area contributed by atoms with E-state index in [0.717, 1.165) is 56.3 Å². The van der Waals surface area contributed by atoms with Crippen LogP contribution in [-0.4, -0.2) is 83.8 Å². The monoisotopic (exact) mass is 435 g/mol. The van der Waals surface area contributed by atoms with Crippen LogP contribution in [0.3, 0.4) is 0 Å². The second-order valence-electron chi connectivity index (χ2n) is 8.31. The highest BCUT2D eigenvalue weighted by Gasteiger charge is 2.21. The molecule has 2 aliphatic heterocycles. The molecule has 8 nitrogen and oxygen atoms in total. The number of H-pyrrole nitrogens is 1. The van der Waals surface area contributed by atoms with Gasteiger partial charge in [0, 0.05) is 32.7 Å². The van der Waals surface area contributed by atoms with Gasteiger partial charge < -0.3 is 19.5 Å². The zero-order valence-corrected chi connectivity index (χ0v) is 18.1. The van der Waals surface area contributed by atoms with E-state index in [9.17, 15) is 5.11 Å². The topological polar surface area (TPSA) is 86.7 Å². The lowest BCUT2D eigenvalue weighted by molar-refractivity contribution is 0.0662. The van der Waals surface area contributed by atoms with Crippen LogP contribution >= 0.6 is 0 Å². The highest BCUT2D eigenvalue weighted by atomic mass is 16.5. The number of fused-ring (bicyclic) bond motifs is 1. The Balaban J connectivity index is 1.20. The summed E-state index contributed by atoms with van der Waals surface area (Å²) < 4.78 is 11.5. The average molecular weight is 436 g/mol. The number of benzene rings is 2. The van der Waals surface area contributed by atoms with Crippen LogP contribution in [0.1, 0.15) is 12.0 Å². The fourth-order valence-corrected chi connectivity index (χ4v) is 4.44. The number of hydrogen-bond donors (Lipinski definition) is 2. The number of aliphatic hydroxyl groups excluding tert-OH is 1. The molecule has 0 aliphatic carbocycles. The van der Waals surface area contributed by atoms with E-state index >= 15 is 0 Å². The lowest BCUT2D eigenvalue weighted by Gasteiger charge is -2.35. The molecule has 0 radical (unpaired) electrons. The van der Waals surface area contributed by atoms with E-state index in [0.29, 0.717) is 13.2 Å². The van der Waals surface area contributed by atoms with Gasteiger partial charge in [-0.2, -0.15) is 10.1 Å². The van der Waals surface area contributed by atoms with Crippen molar-refractivity contribution >= 4 is 22.3 Å². The number of ether oxygens (including phenoxy) is 2. The molecule has 3 heterocycles. The van der Waals surface area contributed by atoms with Gasteiger partial charge in [0.05, 0.1) is 13.2 Å². The largest absolute Gasteiger partial charge is 0.491 e. The van der Waals surface area contributed by atoms with Crippen molar-refractivity contribution in [2.24, 2.45) is 0 Å². The Labute approximate surface area is 187 Å². The molecule has 1 fully saturated rings. The minimum atomic E-state index is -0.552. The number of nitrogens with zero attached hydrogens (tertiary/aromatic N) is 4. The molecular formula is C24H29N5O3. The molecule has 5 rings (SSSR count). The number of aliphatic hydroxyl groups is 1. The van der Waals surface area contributed by atoms with Crippen LogP contribution in [0.4, 0.5) is 5.95 Å². The van der Waals surface area contributed by atoms with E-state index in [1.807, 2.05) is 6.07 Å². The Morgan fingerprint density at radius 2 is 2.03 bits per heavy atom. The van der Waals surface area contributed by atoms with Crippen molar-refractivity contribution in [1.82, 2.24) is 20.1 Å². The van der Waals surface area contributed by atoms with E-state index in [4.69, 9.17) is 9.47 Å². The van der Waals surface area contributed by atoms with Gasteiger partial charge in [-0.25, -0.2) is 5.10 Å². The van der Waals surface area contributed by atoms with Gasteiger partial charge in [-0.05, 0) is 40.5 Å². The number of anilines is 1.